The van der Waals surface area contributed by atoms with E-state index in [-0.39, 0.29) is 0 Å². The lowest BCUT2D eigenvalue weighted by molar-refractivity contribution is 1.43. The fraction of sp³-hybridized carbons (Fsp3) is 0.0400. The number of alkyl halides is 1. The van der Waals surface area contributed by atoms with Crippen LogP contribution in [0.1, 0.15) is 5.56 Å². The van der Waals surface area contributed by atoms with Crippen LogP contribution in [0.15, 0.2) is 120 Å². The Labute approximate surface area is 185 Å². The molecule has 0 aliphatic carbocycles. The molecule has 0 saturated heterocycles. The van der Waals surface area contributed by atoms with E-state index in [1.807, 2.05) is 12.1 Å². The summed E-state index contributed by atoms with van der Waals surface area (Å²) >= 11 is 6.73. The van der Waals surface area contributed by atoms with E-state index in [2.05, 4.69) is 135 Å². The predicted octanol–water partition coefficient (Wildman–Crippen LogP) is 6.79. The average Bonchev–Trinajstić information content (AvgIpc) is 2.77. The number of hydrogen-bond donors (Lipinski definition) is 0. The van der Waals surface area contributed by atoms with Gasteiger partial charge in [-0.2, -0.15) is 0 Å². The molecular weight excluding hydrogens is 491 g/mol. The van der Waals surface area contributed by atoms with Crippen molar-refractivity contribution in [2.45, 2.75) is 5.33 Å². The summed E-state index contributed by atoms with van der Waals surface area (Å²) in [6.07, 6.45) is 0. The molecule has 0 radical (unpaired) electrons. The van der Waals surface area contributed by atoms with Crippen LogP contribution in [0, 0.1) is 0 Å². The first-order valence-corrected chi connectivity index (χ1v) is 12.3. The van der Waals surface area contributed by atoms with Gasteiger partial charge in [0.15, 0.2) is 0 Å². The van der Waals surface area contributed by atoms with E-state index < -0.39 is 7.92 Å². The van der Waals surface area contributed by atoms with Gasteiger partial charge >= 0.3 is 0 Å². The number of benzene rings is 4. The van der Waals surface area contributed by atoms with Crippen LogP contribution < -0.4 is 15.9 Å². The fourth-order valence-electron chi connectivity index (χ4n) is 2.75. The van der Waals surface area contributed by atoms with E-state index in [1.165, 1.54) is 21.5 Å². The van der Waals surface area contributed by atoms with Crippen molar-refractivity contribution in [2.75, 3.05) is 0 Å². The molecular formula is C25H21Br2P. The Bertz CT molecular complexity index is 846. The topological polar surface area (TPSA) is 0 Å². The third-order valence-corrected chi connectivity index (χ3v) is 7.73. The highest BCUT2D eigenvalue weighted by atomic mass is 79.9. The monoisotopic (exact) mass is 510 g/mol. The molecule has 140 valence electrons. The average molecular weight is 512 g/mol. The molecule has 4 rings (SSSR count). The SMILES string of the molecule is BrCc1ccc(Br)cc1.c1ccc(P(c2ccccc2)c2ccccc2)cc1. The molecule has 0 aromatic heterocycles. The summed E-state index contributed by atoms with van der Waals surface area (Å²) in [7, 11) is -0.446. The van der Waals surface area contributed by atoms with E-state index in [0.29, 0.717) is 0 Å². The van der Waals surface area contributed by atoms with Gasteiger partial charge in [-0.05, 0) is 41.5 Å². The molecule has 0 nitrogen and oxygen atoms in total. The zero-order chi connectivity index (χ0) is 19.6. The summed E-state index contributed by atoms with van der Waals surface area (Å²) < 4.78 is 1.13. The minimum Gasteiger partial charge on any atom is -0.0876 e. The molecule has 0 atom stereocenters. The zero-order valence-electron chi connectivity index (χ0n) is 15.4. The maximum Gasteiger partial charge on any atom is 0.0283 e. The Morgan fingerprint density at radius 3 is 1.18 bits per heavy atom. The van der Waals surface area contributed by atoms with E-state index in [4.69, 9.17) is 0 Å². The standard InChI is InChI=1S/C18H15P.C7H6Br2/c1-4-10-16(11-5-1)19(17-12-6-2-7-13-17)18-14-8-3-9-15-18;8-5-6-1-3-7(9)4-2-6/h1-15H;1-4H,5H2. The summed E-state index contributed by atoms with van der Waals surface area (Å²) in [4.78, 5) is 0. The lowest BCUT2D eigenvalue weighted by Gasteiger charge is -2.18. The minimum atomic E-state index is -0.446. The molecule has 28 heavy (non-hydrogen) atoms. The normalized spacial score (nSPS) is 10.2. The number of rotatable bonds is 4. The van der Waals surface area contributed by atoms with Crippen molar-refractivity contribution in [3.05, 3.63) is 125 Å². The first-order valence-electron chi connectivity index (χ1n) is 9.03. The smallest absolute Gasteiger partial charge is 0.0283 e. The minimum absolute atomic E-state index is 0.446. The number of hydrogen-bond acceptors (Lipinski definition) is 0. The van der Waals surface area contributed by atoms with Crippen LogP contribution in [0.25, 0.3) is 0 Å². The van der Waals surface area contributed by atoms with Crippen molar-refractivity contribution in [1.82, 2.24) is 0 Å². The Kier molecular flexibility index (Phi) is 8.48. The lowest BCUT2D eigenvalue weighted by atomic mass is 10.2. The Morgan fingerprint density at radius 2 is 0.857 bits per heavy atom. The largest absolute Gasteiger partial charge is 0.0876 e. The Morgan fingerprint density at radius 1 is 0.500 bits per heavy atom. The zero-order valence-corrected chi connectivity index (χ0v) is 19.4. The molecule has 0 amide bonds. The molecule has 0 N–H and O–H groups in total. The summed E-state index contributed by atoms with van der Waals surface area (Å²) in [6, 6.07) is 40.6. The summed E-state index contributed by atoms with van der Waals surface area (Å²) in [5.74, 6) is 0. The second-order valence-corrected chi connectivity index (χ2v) is 9.80. The molecule has 4 aromatic rings. The van der Waals surface area contributed by atoms with Crippen LogP contribution in [0.5, 0.6) is 0 Å². The molecule has 0 unspecified atom stereocenters. The summed E-state index contributed by atoms with van der Waals surface area (Å²) in [5, 5.41) is 5.12. The van der Waals surface area contributed by atoms with Gasteiger partial charge in [0.05, 0.1) is 0 Å². The third-order valence-electron chi connectivity index (χ3n) is 4.11. The molecule has 0 heterocycles. The molecule has 0 fully saturated rings. The van der Waals surface area contributed by atoms with Gasteiger partial charge in [0.1, 0.15) is 0 Å². The van der Waals surface area contributed by atoms with E-state index in [1.54, 1.807) is 0 Å². The van der Waals surface area contributed by atoms with Gasteiger partial charge in [0, 0.05) is 9.80 Å². The highest BCUT2D eigenvalue weighted by molar-refractivity contribution is 9.10. The Balaban J connectivity index is 0.000000211. The summed E-state index contributed by atoms with van der Waals surface area (Å²) in [5.41, 5.74) is 1.30. The predicted molar refractivity (Wildman–Crippen MR) is 132 cm³/mol. The molecule has 0 aliphatic heterocycles. The van der Waals surface area contributed by atoms with Gasteiger partial charge < -0.3 is 0 Å². The lowest BCUT2D eigenvalue weighted by Crippen LogP contribution is -2.20. The third kappa shape index (κ3) is 6.14. The van der Waals surface area contributed by atoms with Crippen molar-refractivity contribution >= 4 is 55.7 Å². The van der Waals surface area contributed by atoms with Crippen LogP contribution in [-0.4, -0.2) is 0 Å². The van der Waals surface area contributed by atoms with Crippen LogP contribution in [0.2, 0.25) is 0 Å². The first-order chi connectivity index (χ1) is 13.8. The molecule has 0 saturated carbocycles. The second kappa shape index (κ2) is 11.3. The van der Waals surface area contributed by atoms with Crippen LogP contribution in [0.3, 0.4) is 0 Å². The highest BCUT2D eigenvalue weighted by Gasteiger charge is 2.14. The van der Waals surface area contributed by atoms with Gasteiger partial charge in [-0.15, -0.1) is 0 Å². The van der Waals surface area contributed by atoms with Crippen molar-refractivity contribution in [1.29, 1.82) is 0 Å². The maximum atomic E-state index is 3.37. The van der Waals surface area contributed by atoms with E-state index in [0.717, 1.165) is 9.80 Å². The van der Waals surface area contributed by atoms with Crippen molar-refractivity contribution in [3.8, 4) is 0 Å². The van der Waals surface area contributed by atoms with E-state index >= 15 is 0 Å². The maximum absolute atomic E-state index is 3.37. The number of halogens is 2. The van der Waals surface area contributed by atoms with Gasteiger partial charge in [-0.1, -0.05) is 135 Å². The van der Waals surface area contributed by atoms with Crippen LogP contribution in [-0.2, 0) is 5.33 Å². The summed E-state index contributed by atoms with van der Waals surface area (Å²) in [6.45, 7) is 0. The molecule has 4 aromatic carbocycles. The van der Waals surface area contributed by atoms with Gasteiger partial charge in [0.2, 0.25) is 0 Å². The molecule has 0 spiro atoms. The first kappa shape index (κ1) is 21.0. The van der Waals surface area contributed by atoms with Crippen molar-refractivity contribution in [3.63, 3.8) is 0 Å². The van der Waals surface area contributed by atoms with Gasteiger partial charge in [0.25, 0.3) is 0 Å². The fourth-order valence-corrected chi connectivity index (χ4v) is 5.70. The second-order valence-electron chi connectivity index (χ2n) is 6.10. The molecule has 3 heteroatoms. The van der Waals surface area contributed by atoms with Gasteiger partial charge in [-0.3, -0.25) is 0 Å². The highest BCUT2D eigenvalue weighted by Crippen LogP contribution is 2.32. The van der Waals surface area contributed by atoms with Gasteiger partial charge in [-0.25, -0.2) is 0 Å². The van der Waals surface area contributed by atoms with Crippen molar-refractivity contribution in [2.24, 2.45) is 0 Å². The Hall–Kier alpha value is -1.73. The van der Waals surface area contributed by atoms with E-state index in [9.17, 15) is 0 Å². The van der Waals surface area contributed by atoms with Crippen LogP contribution >= 0.6 is 39.8 Å². The van der Waals surface area contributed by atoms with Crippen LogP contribution in [0.4, 0.5) is 0 Å². The van der Waals surface area contributed by atoms with Crippen molar-refractivity contribution < 1.29 is 0 Å². The molecule has 0 bridgehead atoms. The molecule has 0 aliphatic rings. The quantitative estimate of drug-likeness (QED) is 0.209.